The summed E-state index contributed by atoms with van der Waals surface area (Å²) in [7, 11) is 1.57. The van der Waals surface area contributed by atoms with Gasteiger partial charge in [0.05, 0.1) is 12.8 Å². The molecule has 0 saturated carbocycles. The van der Waals surface area contributed by atoms with Crippen LogP contribution in [0, 0.1) is 0 Å². The number of halogens is 2. The lowest BCUT2D eigenvalue weighted by molar-refractivity contribution is 0.208. The molecule has 2 aromatic carbocycles. The van der Waals surface area contributed by atoms with E-state index in [-0.39, 0.29) is 42.0 Å². The number of nitrogens with zero attached hydrogens (tertiary/aromatic N) is 2. The first-order valence-electron chi connectivity index (χ1n) is 9.77. The van der Waals surface area contributed by atoms with Crippen LogP contribution in [0.25, 0.3) is 0 Å². The lowest BCUT2D eigenvalue weighted by Gasteiger charge is -2.36. The highest BCUT2D eigenvalue weighted by molar-refractivity contribution is 5.92. The molecule has 9 heteroatoms. The summed E-state index contributed by atoms with van der Waals surface area (Å²) < 4.78 is 5.35. The number of urea groups is 1. The topological polar surface area (TPSA) is 91.1 Å². The highest BCUT2D eigenvalue weighted by atomic mass is 35.5. The minimum Gasteiger partial charge on any atom is -0.505 e. The van der Waals surface area contributed by atoms with Crippen molar-refractivity contribution >= 4 is 47.9 Å². The standard InChI is InChI=1S/C22H30N4O3.2ClH/c1-22(2,3)18-13-17(29-4)14-19(20(18)27)24-21(28)26-11-9-25(10-12-26)16-7-5-15(23)6-8-16;;/h5-8,13-14,27H,9-12,23H2,1-4H3,(H,24,28);2*1H. The van der Waals surface area contributed by atoms with Crippen LogP contribution in [-0.2, 0) is 5.41 Å². The number of nitrogens with two attached hydrogens (primary N) is 1. The van der Waals surface area contributed by atoms with E-state index < -0.39 is 0 Å². The number of amides is 2. The molecule has 2 aromatic rings. The molecule has 31 heavy (non-hydrogen) atoms. The van der Waals surface area contributed by atoms with Gasteiger partial charge in [0.15, 0.2) is 0 Å². The SMILES string of the molecule is COc1cc(NC(=O)N2CCN(c3ccc(N)cc3)CC2)c(O)c(C(C)(C)C)c1.Cl.Cl. The lowest BCUT2D eigenvalue weighted by atomic mass is 9.85. The smallest absolute Gasteiger partial charge is 0.322 e. The van der Waals surface area contributed by atoms with Crippen LogP contribution in [0.2, 0.25) is 0 Å². The molecule has 3 rings (SSSR count). The van der Waals surface area contributed by atoms with Crippen LogP contribution in [0.4, 0.5) is 21.9 Å². The molecule has 4 N–H and O–H groups in total. The number of piperazine rings is 1. The molecule has 0 radical (unpaired) electrons. The average Bonchev–Trinajstić information content (AvgIpc) is 2.69. The van der Waals surface area contributed by atoms with Crippen molar-refractivity contribution in [2.45, 2.75) is 26.2 Å². The maximum Gasteiger partial charge on any atom is 0.322 e. The van der Waals surface area contributed by atoms with Crippen molar-refractivity contribution in [1.29, 1.82) is 0 Å². The Morgan fingerprint density at radius 2 is 1.65 bits per heavy atom. The predicted molar refractivity (Wildman–Crippen MR) is 132 cm³/mol. The summed E-state index contributed by atoms with van der Waals surface area (Å²) in [5, 5.41) is 13.5. The fourth-order valence-corrected chi connectivity index (χ4v) is 3.44. The van der Waals surface area contributed by atoms with Gasteiger partial charge in [0.2, 0.25) is 0 Å². The summed E-state index contributed by atoms with van der Waals surface area (Å²) in [6.07, 6.45) is 0. The quantitative estimate of drug-likeness (QED) is 0.454. The van der Waals surface area contributed by atoms with Crippen molar-refractivity contribution in [1.82, 2.24) is 4.90 Å². The zero-order valence-corrected chi connectivity index (χ0v) is 20.0. The molecule has 1 fully saturated rings. The van der Waals surface area contributed by atoms with Gasteiger partial charge < -0.3 is 30.7 Å². The molecular weight excluding hydrogens is 439 g/mol. The van der Waals surface area contributed by atoms with E-state index in [0.29, 0.717) is 24.5 Å². The Morgan fingerprint density at radius 3 is 2.16 bits per heavy atom. The first-order valence-corrected chi connectivity index (χ1v) is 9.77. The Bertz CT molecular complexity index is 878. The minimum absolute atomic E-state index is 0. The van der Waals surface area contributed by atoms with Crippen LogP contribution in [-0.4, -0.2) is 49.3 Å². The van der Waals surface area contributed by atoms with Gasteiger partial charge in [-0.25, -0.2) is 4.79 Å². The van der Waals surface area contributed by atoms with Gasteiger partial charge in [0.1, 0.15) is 11.5 Å². The van der Waals surface area contributed by atoms with Gasteiger partial charge in [-0.3, -0.25) is 0 Å². The van der Waals surface area contributed by atoms with Gasteiger partial charge in [-0.1, -0.05) is 20.8 Å². The minimum atomic E-state index is -0.289. The number of hydrogen-bond donors (Lipinski definition) is 3. The molecule has 1 aliphatic heterocycles. The fourth-order valence-electron chi connectivity index (χ4n) is 3.44. The van der Waals surface area contributed by atoms with Crippen molar-refractivity contribution in [3.63, 3.8) is 0 Å². The molecule has 0 unspecified atom stereocenters. The summed E-state index contributed by atoms with van der Waals surface area (Å²) in [5.74, 6) is 0.670. The van der Waals surface area contributed by atoms with Crippen LogP contribution in [0.5, 0.6) is 11.5 Å². The van der Waals surface area contributed by atoms with Gasteiger partial charge in [-0.2, -0.15) is 0 Å². The second-order valence-electron chi connectivity index (χ2n) is 8.32. The molecule has 1 aliphatic rings. The number of phenols is 1. The third-order valence-corrected chi connectivity index (χ3v) is 5.19. The van der Waals surface area contributed by atoms with Gasteiger partial charge in [0, 0.05) is 49.2 Å². The summed E-state index contributed by atoms with van der Waals surface area (Å²) in [5.41, 5.74) is 8.38. The molecule has 0 aliphatic carbocycles. The normalized spacial score (nSPS) is 13.7. The van der Waals surface area contributed by atoms with E-state index in [0.717, 1.165) is 30.0 Å². The molecule has 1 heterocycles. The lowest BCUT2D eigenvalue weighted by Crippen LogP contribution is -2.50. The van der Waals surface area contributed by atoms with E-state index in [1.807, 2.05) is 45.0 Å². The fraction of sp³-hybridized carbons (Fsp3) is 0.409. The molecule has 0 atom stereocenters. The largest absolute Gasteiger partial charge is 0.505 e. The molecule has 172 valence electrons. The van der Waals surface area contributed by atoms with Crippen LogP contribution in [0.15, 0.2) is 36.4 Å². The van der Waals surface area contributed by atoms with Crippen molar-refractivity contribution in [3.05, 3.63) is 42.0 Å². The number of rotatable bonds is 3. The van der Waals surface area contributed by atoms with E-state index in [1.165, 1.54) is 0 Å². The molecule has 1 saturated heterocycles. The molecular formula is C22H32Cl2N4O3. The Kier molecular flexibility index (Phi) is 9.14. The molecule has 0 spiro atoms. The highest BCUT2D eigenvalue weighted by Crippen LogP contribution is 2.39. The van der Waals surface area contributed by atoms with Crippen LogP contribution < -0.4 is 20.7 Å². The van der Waals surface area contributed by atoms with Crippen LogP contribution in [0.1, 0.15) is 26.3 Å². The van der Waals surface area contributed by atoms with Crippen molar-refractivity contribution in [3.8, 4) is 11.5 Å². The number of methoxy groups -OCH3 is 1. The van der Waals surface area contributed by atoms with E-state index in [4.69, 9.17) is 10.5 Å². The predicted octanol–water partition coefficient (Wildman–Crippen LogP) is 4.48. The number of hydrogen-bond acceptors (Lipinski definition) is 5. The maximum absolute atomic E-state index is 12.8. The zero-order valence-electron chi connectivity index (χ0n) is 18.3. The number of nitrogens with one attached hydrogen (secondary N) is 1. The first-order chi connectivity index (χ1) is 13.7. The number of carbonyl (C=O) groups excluding carboxylic acids is 1. The molecule has 7 nitrogen and oxygen atoms in total. The number of phenolic OH excluding ortho intramolecular Hbond substituents is 1. The Hall–Kier alpha value is -2.51. The Morgan fingerprint density at radius 1 is 1.06 bits per heavy atom. The van der Waals surface area contributed by atoms with E-state index in [1.54, 1.807) is 24.1 Å². The molecule has 2 amide bonds. The Balaban J connectivity index is 0.00000240. The maximum atomic E-state index is 12.8. The third-order valence-electron chi connectivity index (χ3n) is 5.19. The number of nitrogen functional groups attached to an aromatic ring is 1. The van der Waals surface area contributed by atoms with Crippen LogP contribution >= 0.6 is 24.8 Å². The molecule has 0 bridgehead atoms. The number of benzene rings is 2. The zero-order chi connectivity index (χ0) is 21.2. The molecule has 0 aromatic heterocycles. The highest BCUT2D eigenvalue weighted by Gasteiger charge is 2.25. The van der Waals surface area contributed by atoms with Gasteiger partial charge in [-0.15, -0.1) is 24.8 Å². The third kappa shape index (κ3) is 6.24. The summed E-state index contributed by atoms with van der Waals surface area (Å²) in [6.45, 7) is 8.65. The Labute approximate surface area is 196 Å². The summed E-state index contributed by atoms with van der Waals surface area (Å²) in [6, 6.07) is 11.0. The van der Waals surface area contributed by atoms with Gasteiger partial charge in [0.25, 0.3) is 0 Å². The number of aromatic hydroxyl groups is 1. The second-order valence-corrected chi connectivity index (χ2v) is 8.32. The van der Waals surface area contributed by atoms with E-state index in [2.05, 4.69) is 10.2 Å². The second kappa shape index (κ2) is 10.7. The first kappa shape index (κ1) is 26.5. The number of carbonyl (C=O) groups is 1. The summed E-state index contributed by atoms with van der Waals surface area (Å²) in [4.78, 5) is 16.8. The van der Waals surface area contributed by atoms with Gasteiger partial charge in [-0.05, 0) is 35.7 Å². The summed E-state index contributed by atoms with van der Waals surface area (Å²) >= 11 is 0. The van der Waals surface area contributed by atoms with Gasteiger partial charge >= 0.3 is 6.03 Å². The van der Waals surface area contributed by atoms with E-state index >= 15 is 0 Å². The van der Waals surface area contributed by atoms with Crippen molar-refractivity contribution < 1.29 is 14.6 Å². The van der Waals surface area contributed by atoms with Crippen LogP contribution in [0.3, 0.4) is 0 Å². The number of anilines is 3. The van der Waals surface area contributed by atoms with Crippen molar-refractivity contribution in [2.24, 2.45) is 0 Å². The number of ether oxygens (including phenoxy) is 1. The monoisotopic (exact) mass is 470 g/mol. The van der Waals surface area contributed by atoms with Crippen molar-refractivity contribution in [2.75, 3.05) is 49.2 Å². The van der Waals surface area contributed by atoms with E-state index in [9.17, 15) is 9.90 Å². The average molecular weight is 471 g/mol.